The highest BCUT2D eigenvalue weighted by atomic mass is 16.3. The summed E-state index contributed by atoms with van der Waals surface area (Å²) in [5.41, 5.74) is 1.70. The van der Waals surface area contributed by atoms with Crippen LogP contribution in [0.15, 0.2) is 36.8 Å². The van der Waals surface area contributed by atoms with Gasteiger partial charge in [0, 0.05) is 25.1 Å². The minimum atomic E-state index is -0.614. The Morgan fingerprint density at radius 1 is 1.22 bits per heavy atom. The molecule has 2 rings (SSSR count). The number of rotatable bonds is 5. The molecule has 5 heteroatoms. The number of hydrogen-bond donors (Lipinski definition) is 2. The van der Waals surface area contributed by atoms with Crippen LogP contribution < -0.4 is 5.32 Å². The molecule has 0 bridgehead atoms. The summed E-state index contributed by atoms with van der Waals surface area (Å²) in [6, 6.07) is 5.48. The van der Waals surface area contributed by atoms with Crippen LogP contribution in [-0.2, 0) is 6.54 Å². The summed E-state index contributed by atoms with van der Waals surface area (Å²) < 4.78 is 0. The largest absolute Gasteiger partial charge is 0.385 e. The lowest BCUT2D eigenvalue weighted by atomic mass is 10.2. The lowest BCUT2D eigenvalue weighted by Crippen LogP contribution is -2.22. The van der Waals surface area contributed by atoms with Gasteiger partial charge in [-0.1, -0.05) is 6.07 Å². The molecule has 2 aromatic rings. The Labute approximate surface area is 106 Å². The van der Waals surface area contributed by atoms with E-state index in [1.165, 1.54) is 0 Å². The van der Waals surface area contributed by atoms with Gasteiger partial charge in [-0.15, -0.1) is 0 Å². The molecule has 2 heterocycles. The van der Waals surface area contributed by atoms with Gasteiger partial charge in [-0.05, 0) is 24.6 Å². The molecule has 0 aliphatic rings. The van der Waals surface area contributed by atoms with Gasteiger partial charge in [-0.2, -0.15) is 0 Å². The third kappa shape index (κ3) is 3.58. The Kier molecular flexibility index (Phi) is 4.33. The monoisotopic (exact) mass is 244 g/mol. The molecule has 0 fully saturated rings. The molecule has 5 nitrogen and oxygen atoms in total. The molecular formula is C13H16N4O. The lowest BCUT2D eigenvalue weighted by Gasteiger charge is -2.10. The number of nitrogens with zero attached hydrogens (tertiary/aromatic N) is 3. The Hall–Kier alpha value is -1.85. The second kappa shape index (κ2) is 6.18. The summed E-state index contributed by atoms with van der Waals surface area (Å²) in [6.45, 7) is 2.90. The van der Waals surface area contributed by atoms with E-state index in [9.17, 15) is 5.11 Å². The number of aryl methyl sites for hydroxylation is 1. The second-order valence-electron chi connectivity index (χ2n) is 4.08. The van der Waals surface area contributed by atoms with Crippen LogP contribution in [0.4, 0.5) is 0 Å². The summed E-state index contributed by atoms with van der Waals surface area (Å²) in [5.74, 6) is 0.717. The average molecular weight is 244 g/mol. The predicted octanol–water partition coefficient (Wildman–Crippen LogP) is 1.00. The molecule has 0 aliphatic carbocycles. The van der Waals surface area contributed by atoms with Crippen LogP contribution in [0.5, 0.6) is 0 Å². The topological polar surface area (TPSA) is 70.9 Å². The first-order valence-electron chi connectivity index (χ1n) is 5.83. The summed E-state index contributed by atoms with van der Waals surface area (Å²) in [6.07, 6.45) is 4.61. The average Bonchev–Trinajstić information content (AvgIpc) is 2.42. The van der Waals surface area contributed by atoms with Crippen molar-refractivity contribution >= 4 is 0 Å². The Balaban J connectivity index is 1.80. The number of aromatic nitrogens is 3. The van der Waals surface area contributed by atoms with Crippen LogP contribution in [0, 0.1) is 6.92 Å². The van der Waals surface area contributed by atoms with Crippen molar-refractivity contribution < 1.29 is 5.11 Å². The molecule has 0 aromatic carbocycles. The predicted molar refractivity (Wildman–Crippen MR) is 67.7 cm³/mol. The van der Waals surface area contributed by atoms with E-state index in [1.807, 2.05) is 19.1 Å². The third-order valence-electron chi connectivity index (χ3n) is 2.48. The van der Waals surface area contributed by atoms with E-state index in [1.54, 1.807) is 24.7 Å². The molecular weight excluding hydrogens is 228 g/mol. The SMILES string of the molecule is Cc1cnc(CNCC(O)c2ccccn2)nc1. The Bertz CT molecular complexity index is 472. The quantitative estimate of drug-likeness (QED) is 0.821. The minimum absolute atomic E-state index is 0.425. The van der Waals surface area contributed by atoms with E-state index in [4.69, 9.17) is 0 Å². The summed E-state index contributed by atoms with van der Waals surface area (Å²) in [7, 11) is 0. The second-order valence-corrected chi connectivity index (χ2v) is 4.08. The Morgan fingerprint density at radius 2 is 2.00 bits per heavy atom. The van der Waals surface area contributed by atoms with Gasteiger partial charge in [0.25, 0.3) is 0 Å². The van der Waals surface area contributed by atoms with E-state index in [0.717, 1.165) is 5.56 Å². The molecule has 0 saturated carbocycles. The standard InChI is InChI=1S/C13H16N4O/c1-10-6-16-13(17-7-10)9-14-8-12(18)11-4-2-3-5-15-11/h2-7,12,14,18H,8-9H2,1H3. The third-order valence-corrected chi connectivity index (χ3v) is 2.48. The molecule has 0 aliphatic heterocycles. The maximum Gasteiger partial charge on any atom is 0.141 e. The highest BCUT2D eigenvalue weighted by Gasteiger charge is 2.07. The molecule has 18 heavy (non-hydrogen) atoms. The molecule has 2 N–H and O–H groups in total. The molecule has 0 spiro atoms. The smallest absolute Gasteiger partial charge is 0.141 e. The van der Waals surface area contributed by atoms with Crippen LogP contribution in [0.3, 0.4) is 0 Å². The molecule has 0 amide bonds. The highest BCUT2D eigenvalue weighted by Crippen LogP contribution is 2.07. The van der Waals surface area contributed by atoms with E-state index < -0.39 is 6.10 Å². The van der Waals surface area contributed by atoms with Crippen LogP contribution in [0.25, 0.3) is 0 Å². The van der Waals surface area contributed by atoms with E-state index in [-0.39, 0.29) is 0 Å². The number of hydrogen-bond acceptors (Lipinski definition) is 5. The summed E-state index contributed by atoms with van der Waals surface area (Å²) in [5, 5.41) is 13.0. The van der Waals surface area contributed by atoms with Gasteiger partial charge in [0.15, 0.2) is 0 Å². The van der Waals surface area contributed by atoms with Crippen molar-refractivity contribution in [2.45, 2.75) is 19.6 Å². The van der Waals surface area contributed by atoms with Crippen molar-refractivity contribution in [3.63, 3.8) is 0 Å². The van der Waals surface area contributed by atoms with Gasteiger partial charge in [-0.25, -0.2) is 9.97 Å². The van der Waals surface area contributed by atoms with E-state index >= 15 is 0 Å². The normalized spacial score (nSPS) is 12.3. The first kappa shape index (κ1) is 12.6. The van der Waals surface area contributed by atoms with Gasteiger partial charge in [-0.3, -0.25) is 4.98 Å². The van der Waals surface area contributed by atoms with E-state index in [0.29, 0.717) is 24.6 Å². The van der Waals surface area contributed by atoms with Crippen molar-refractivity contribution in [1.29, 1.82) is 0 Å². The van der Waals surface area contributed by atoms with Crippen LogP contribution in [0.1, 0.15) is 23.2 Å². The van der Waals surface area contributed by atoms with Gasteiger partial charge >= 0.3 is 0 Å². The van der Waals surface area contributed by atoms with Crippen molar-refractivity contribution in [3.8, 4) is 0 Å². The fourth-order valence-electron chi connectivity index (χ4n) is 1.51. The highest BCUT2D eigenvalue weighted by molar-refractivity contribution is 5.07. The Morgan fingerprint density at radius 3 is 2.67 bits per heavy atom. The summed E-state index contributed by atoms with van der Waals surface area (Å²) >= 11 is 0. The first-order valence-corrected chi connectivity index (χ1v) is 5.83. The van der Waals surface area contributed by atoms with Gasteiger partial charge in [0.1, 0.15) is 11.9 Å². The number of pyridine rings is 1. The maximum absolute atomic E-state index is 9.88. The van der Waals surface area contributed by atoms with Crippen molar-refractivity contribution in [2.24, 2.45) is 0 Å². The van der Waals surface area contributed by atoms with Crippen molar-refractivity contribution in [3.05, 3.63) is 53.9 Å². The molecule has 0 saturated heterocycles. The zero-order chi connectivity index (χ0) is 12.8. The van der Waals surface area contributed by atoms with Crippen LogP contribution in [0.2, 0.25) is 0 Å². The number of nitrogens with one attached hydrogen (secondary N) is 1. The van der Waals surface area contributed by atoms with Gasteiger partial charge in [0.2, 0.25) is 0 Å². The first-order chi connectivity index (χ1) is 8.75. The molecule has 0 radical (unpaired) electrons. The lowest BCUT2D eigenvalue weighted by molar-refractivity contribution is 0.169. The van der Waals surface area contributed by atoms with Crippen molar-refractivity contribution in [1.82, 2.24) is 20.3 Å². The van der Waals surface area contributed by atoms with Crippen LogP contribution in [-0.4, -0.2) is 26.6 Å². The molecule has 1 unspecified atom stereocenters. The van der Waals surface area contributed by atoms with Gasteiger partial charge < -0.3 is 10.4 Å². The fraction of sp³-hybridized carbons (Fsp3) is 0.308. The molecule has 1 atom stereocenters. The molecule has 94 valence electrons. The summed E-state index contributed by atoms with van der Waals surface area (Å²) in [4.78, 5) is 12.4. The number of aliphatic hydroxyl groups excluding tert-OH is 1. The van der Waals surface area contributed by atoms with Crippen molar-refractivity contribution in [2.75, 3.05) is 6.54 Å². The minimum Gasteiger partial charge on any atom is -0.385 e. The van der Waals surface area contributed by atoms with Crippen LogP contribution >= 0.6 is 0 Å². The zero-order valence-electron chi connectivity index (χ0n) is 10.2. The zero-order valence-corrected chi connectivity index (χ0v) is 10.2. The molecule has 2 aromatic heterocycles. The van der Waals surface area contributed by atoms with E-state index in [2.05, 4.69) is 20.3 Å². The number of aliphatic hydroxyl groups is 1. The maximum atomic E-state index is 9.88. The van der Waals surface area contributed by atoms with Gasteiger partial charge in [0.05, 0.1) is 12.2 Å². The fourth-order valence-corrected chi connectivity index (χ4v) is 1.51.